The molecule has 3 aliphatic carbocycles. The second-order valence-electron chi connectivity index (χ2n) is 14.7. The monoisotopic (exact) mass is 657 g/mol. The van der Waals surface area contributed by atoms with Gasteiger partial charge in [0.2, 0.25) is 5.91 Å². The number of methoxy groups -OCH3 is 2. The summed E-state index contributed by atoms with van der Waals surface area (Å²) in [6.45, 7) is 3.37. The smallest absolute Gasteiger partial charge is 0.227 e. The standard InChI is InChI=1S/C41H52FNO5/c1-41-25-34(42)40-32-16-15-31(44)24-30(32)23-29(39(40)33(41)17-19-37(41)45)13-9-4-5-10-20-43(26-27-11-7-6-8-12-27)38(46)22-28-14-18-35(47-2)36(21-28)48-3/h6-8,11-12,14-16,18,21,24,29,33-34,37,39-40,44-45H,4-5,9-10,13,17,19-20,22-23,25-26H2,1-3H3/t29?,33?,34?,37?,39?,40?,41-/m0/s1. The number of nitrogens with zero attached hydrogens (tertiary/aromatic N) is 1. The van der Waals surface area contributed by atoms with Crippen molar-refractivity contribution < 1.29 is 28.9 Å². The summed E-state index contributed by atoms with van der Waals surface area (Å²) in [5.41, 5.74) is 3.80. The van der Waals surface area contributed by atoms with Gasteiger partial charge in [-0.2, -0.15) is 0 Å². The van der Waals surface area contributed by atoms with Gasteiger partial charge in [-0.25, -0.2) is 4.39 Å². The Morgan fingerprint density at radius 3 is 2.48 bits per heavy atom. The molecule has 0 spiro atoms. The van der Waals surface area contributed by atoms with Crippen molar-refractivity contribution in [2.45, 2.75) is 95.9 Å². The molecule has 258 valence electrons. The number of ether oxygens (including phenoxy) is 2. The van der Waals surface area contributed by atoms with Crippen LogP contribution in [0.3, 0.4) is 0 Å². The van der Waals surface area contributed by atoms with Gasteiger partial charge in [0, 0.05) is 19.0 Å². The van der Waals surface area contributed by atoms with Gasteiger partial charge in [-0.1, -0.05) is 68.7 Å². The van der Waals surface area contributed by atoms with E-state index in [4.69, 9.17) is 9.47 Å². The maximum Gasteiger partial charge on any atom is 0.227 e. The van der Waals surface area contributed by atoms with Crippen LogP contribution >= 0.6 is 0 Å². The number of amides is 1. The number of phenols is 1. The summed E-state index contributed by atoms with van der Waals surface area (Å²) in [4.78, 5) is 15.6. The summed E-state index contributed by atoms with van der Waals surface area (Å²) in [6, 6.07) is 21.3. The molecule has 6 unspecified atom stereocenters. The zero-order chi connectivity index (χ0) is 33.8. The van der Waals surface area contributed by atoms with Crippen molar-refractivity contribution in [1.29, 1.82) is 0 Å². The minimum atomic E-state index is -0.984. The molecular weight excluding hydrogens is 605 g/mol. The predicted octanol–water partition coefficient (Wildman–Crippen LogP) is 8.02. The van der Waals surface area contributed by atoms with E-state index >= 15 is 4.39 Å². The highest BCUT2D eigenvalue weighted by Crippen LogP contribution is 2.63. The molecule has 1 amide bonds. The fraction of sp³-hybridized carbons (Fsp3) is 0.537. The lowest BCUT2D eigenvalue weighted by Gasteiger charge is -2.54. The second kappa shape index (κ2) is 14.9. The third-order valence-corrected chi connectivity index (χ3v) is 11.9. The number of rotatable bonds is 13. The van der Waals surface area contributed by atoms with Crippen LogP contribution in [0.2, 0.25) is 0 Å². The molecule has 0 radical (unpaired) electrons. The van der Waals surface area contributed by atoms with E-state index in [0.717, 1.165) is 73.6 Å². The first kappa shape index (κ1) is 34.3. The van der Waals surface area contributed by atoms with Crippen molar-refractivity contribution >= 4 is 5.91 Å². The van der Waals surface area contributed by atoms with Crippen LogP contribution in [0.1, 0.15) is 86.5 Å². The molecule has 3 aromatic carbocycles. The number of benzene rings is 3. The summed E-state index contributed by atoms with van der Waals surface area (Å²) in [6.07, 6.45) is 6.90. The van der Waals surface area contributed by atoms with E-state index in [0.29, 0.717) is 49.3 Å². The van der Waals surface area contributed by atoms with Gasteiger partial charge in [-0.15, -0.1) is 0 Å². The van der Waals surface area contributed by atoms with Crippen LogP contribution in [0.15, 0.2) is 66.7 Å². The summed E-state index contributed by atoms with van der Waals surface area (Å²) in [5, 5.41) is 21.2. The van der Waals surface area contributed by atoms with Crippen LogP contribution in [0.5, 0.6) is 17.2 Å². The maximum atomic E-state index is 16.1. The van der Waals surface area contributed by atoms with E-state index in [-0.39, 0.29) is 28.9 Å². The molecule has 0 heterocycles. The molecule has 0 saturated heterocycles. The van der Waals surface area contributed by atoms with Crippen molar-refractivity contribution in [1.82, 2.24) is 4.90 Å². The Hall–Kier alpha value is -3.58. The second-order valence-corrected chi connectivity index (χ2v) is 14.7. The first-order chi connectivity index (χ1) is 23.2. The SMILES string of the molecule is COc1ccc(CC(=O)N(CCCCCCC2Cc3cc(O)ccc3C3C(F)C[C@]4(C)C(O)CCC4C23)Cc2ccccc2)cc1OC. The normalized spacial score (nSPS) is 27.4. The van der Waals surface area contributed by atoms with Gasteiger partial charge in [0.1, 0.15) is 11.9 Å². The Morgan fingerprint density at radius 2 is 1.71 bits per heavy atom. The van der Waals surface area contributed by atoms with Crippen LogP contribution in [0, 0.1) is 23.2 Å². The van der Waals surface area contributed by atoms with E-state index in [1.54, 1.807) is 20.3 Å². The topological polar surface area (TPSA) is 79.2 Å². The molecule has 2 saturated carbocycles. The largest absolute Gasteiger partial charge is 0.508 e. The molecular formula is C41H52FNO5. The number of unbranched alkanes of at least 4 members (excludes halogenated alkanes) is 3. The number of aliphatic hydroxyl groups excluding tert-OH is 1. The zero-order valence-electron chi connectivity index (χ0n) is 28.7. The fourth-order valence-electron chi connectivity index (χ4n) is 9.47. The van der Waals surface area contributed by atoms with Crippen LogP contribution in [0.4, 0.5) is 4.39 Å². The van der Waals surface area contributed by atoms with Gasteiger partial charge in [0.05, 0.1) is 26.7 Å². The predicted molar refractivity (Wildman–Crippen MR) is 186 cm³/mol. The Labute approximate surface area is 285 Å². The highest BCUT2D eigenvalue weighted by atomic mass is 19.1. The number of fused-ring (bicyclic) bond motifs is 5. The molecule has 6 nitrogen and oxygen atoms in total. The van der Waals surface area contributed by atoms with E-state index in [1.807, 2.05) is 53.4 Å². The lowest BCUT2D eigenvalue weighted by molar-refractivity contribution is -0.131. The number of alkyl halides is 1. The number of aliphatic hydroxyl groups is 1. The van der Waals surface area contributed by atoms with Crippen LogP contribution in [0.25, 0.3) is 0 Å². The molecule has 0 bridgehead atoms. The Balaban J connectivity index is 1.08. The minimum Gasteiger partial charge on any atom is -0.508 e. The number of halogens is 1. The first-order valence-electron chi connectivity index (χ1n) is 17.9. The maximum absolute atomic E-state index is 16.1. The molecule has 3 aliphatic rings. The summed E-state index contributed by atoms with van der Waals surface area (Å²) < 4.78 is 26.9. The van der Waals surface area contributed by atoms with Gasteiger partial charge in [0.15, 0.2) is 11.5 Å². The molecule has 7 heteroatoms. The van der Waals surface area contributed by atoms with Crippen molar-refractivity contribution in [3.05, 3.63) is 89.0 Å². The highest BCUT2D eigenvalue weighted by Gasteiger charge is 2.59. The van der Waals surface area contributed by atoms with Crippen LogP contribution in [-0.4, -0.2) is 54.1 Å². The Bertz CT molecular complexity index is 1550. The third-order valence-electron chi connectivity index (χ3n) is 11.9. The summed E-state index contributed by atoms with van der Waals surface area (Å²) >= 11 is 0. The molecule has 2 N–H and O–H groups in total. The molecule has 2 fully saturated rings. The van der Waals surface area contributed by atoms with E-state index in [1.165, 1.54) is 0 Å². The first-order valence-corrected chi connectivity index (χ1v) is 17.9. The van der Waals surface area contributed by atoms with E-state index in [2.05, 4.69) is 19.1 Å². The lowest BCUT2D eigenvalue weighted by atomic mass is 9.51. The molecule has 48 heavy (non-hydrogen) atoms. The fourth-order valence-corrected chi connectivity index (χ4v) is 9.47. The minimum absolute atomic E-state index is 0.0844. The molecule has 0 aliphatic heterocycles. The Kier molecular flexibility index (Phi) is 10.6. The van der Waals surface area contributed by atoms with Gasteiger partial charge < -0.3 is 24.6 Å². The number of carbonyl (C=O) groups is 1. The van der Waals surface area contributed by atoms with Crippen molar-refractivity contribution in [2.75, 3.05) is 20.8 Å². The number of phenolic OH excluding ortho intramolecular Hbond substituents is 1. The number of hydrogen-bond acceptors (Lipinski definition) is 5. The number of aromatic hydroxyl groups is 1. The molecule has 3 aromatic rings. The average molecular weight is 658 g/mol. The molecule has 6 rings (SSSR count). The van der Waals surface area contributed by atoms with Crippen molar-refractivity contribution in [3.8, 4) is 17.2 Å². The van der Waals surface area contributed by atoms with Gasteiger partial charge >= 0.3 is 0 Å². The summed E-state index contributed by atoms with van der Waals surface area (Å²) in [7, 11) is 3.21. The van der Waals surface area contributed by atoms with E-state index in [9.17, 15) is 15.0 Å². The average Bonchev–Trinajstić information content (AvgIpc) is 3.38. The van der Waals surface area contributed by atoms with Crippen molar-refractivity contribution in [2.24, 2.45) is 23.2 Å². The quantitative estimate of drug-likeness (QED) is 0.182. The third kappa shape index (κ3) is 7.08. The van der Waals surface area contributed by atoms with Crippen LogP contribution in [-0.2, 0) is 24.2 Å². The van der Waals surface area contributed by atoms with Gasteiger partial charge in [-0.3, -0.25) is 4.79 Å². The van der Waals surface area contributed by atoms with Gasteiger partial charge in [-0.05, 0) is 108 Å². The van der Waals surface area contributed by atoms with E-state index < -0.39 is 12.3 Å². The molecule has 7 atom stereocenters. The van der Waals surface area contributed by atoms with Crippen molar-refractivity contribution in [3.63, 3.8) is 0 Å². The highest BCUT2D eigenvalue weighted by molar-refractivity contribution is 5.79. The lowest BCUT2D eigenvalue weighted by Crippen LogP contribution is -2.51. The van der Waals surface area contributed by atoms with Crippen LogP contribution < -0.4 is 9.47 Å². The number of hydrogen-bond donors (Lipinski definition) is 2. The molecule has 0 aromatic heterocycles. The summed E-state index contributed by atoms with van der Waals surface area (Å²) in [5.74, 6) is 2.29. The van der Waals surface area contributed by atoms with Gasteiger partial charge in [0.25, 0.3) is 0 Å². The Morgan fingerprint density at radius 1 is 0.938 bits per heavy atom. The number of carbonyl (C=O) groups excluding carboxylic acids is 1. The zero-order valence-corrected chi connectivity index (χ0v) is 28.7.